The average molecular weight is 581 g/mol. The lowest BCUT2D eigenvalue weighted by atomic mass is 10.1. The SMILES string of the molecule is CCCCOC(=O)c1ccc(NC(=O)COC(=O)[C@H]2CC(=O)N(c3ccc(Oc4cccc5ccccc45)cc3)C2)cc1. The van der Waals surface area contributed by atoms with E-state index in [1.807, 2.05) is 49.4 Å². The van der Waals surface area contributed by atoms with Gasteiger partial charge in [-0.15, -0.1) is 0 Å². The fraction of sp³-hybridized carbons (Fsp3) is 0.235. The van der Waals surface area contributed by atoms with Crippen molar-refractivity contribution in [2.24, 2.45) is 5.92 Å². The third-order valence-corrected chi connectivity index (χ3v) is 7.07. The summed E-state index contributed by atoms with van der Waals surface area (Å²) in [5.41, 5.74) is 1.46. The van der Waals surface area contributed by atoms with E-state index in [2.05, 4.69) is 5.32 Å². The zero-order valence-corrected chi connectivity index (χ0v) is 23.8. The van der Waals surface area contributed by atoms with E-state index in [0.717, 1.165) is 29.4 Å². The number of benzene rings is 4. The summed E-state index contributed by atoms with van der Waals surface area (Å²) in [5, 5.41) is 4.70. The molecule has 1 aliphatic rings. The molecule has 0 aliphatic carbocycles. The summed E-state index contributed by atoms with van der Waals surface area (Å²) in [6, 6.07) is 27.2. The second-order valence-electron chi connectivity index (χ2n) is 10.2. The molecule has 5 rings (SSSR count). The van der Waals surface area contributed by atoms with Gasteiger partial charge in [-0.1, -0.05) is 49.7 Å². The molecule has 0 saturated carbocycles. The van der Waals surface area contributed by atoms with E-state index in [1.54, 1.807) is 48.5 Å². The van der Waals surface area contributed by atoms with Gasteiger partial charge in [0.2, 0.25) is 5.91 Å². The van der Waals surface area contributed by atoms with Crippen molar-refractivity contribution in [3.05, 3.63) is 96.6 Å². The number of esters is 2. The average Bonchev–Trinajstić information content (AvgIpc) is 3.42. The number of rotatable bonds is 11. The third kappa shape index (κ3) is 7.37. The van der Waals surface area contributed by atoms with Gasteiger partial charge in [0.15, 0.2) is 6.61 Å². The number of carbonyl (C=O) groups excluding carboxylic acids is 4. The number of fused-ring (bicyclic) bond motifs is 1. The molecular weight excluding hydrogens is 548 g/mol. The summed E-state index contributed by atoms with van der Waals surface area (Å²) in [7, 11) is 0. The first-order valence-corrected chi connectivity index (χ1v) is 14.2. The van der Waals surface area contributed by atoms with Gasteiger partial charge in [-0.25, -0.2) is 4.79 Å². The zero-order chi connectivity index (χ0) is 30.2. The minimum absolute atomic E-state index is 0.00940. The monoisotopic (exact) mass is 580 g/mol. The Hall–Kier alpha value is -5.18. The number of ether oxygens (including phenoxy) is 3. The largest absolute Gasteiger partial charge is 0.462 e. The molecule has 0 bridgehead atoms. The Kier molecular flexibility index (Phi) is 9.31. The Labute approximate surface area is 249 Å². The highest BCUT2D eigenvalue weighted by molar-refractivity contribution is 6.00. The molecule has 0 spiro atoms. The number of nitrogens with one attached hydrogen (secondary N) is 1. The molecule has 0 aromatic heterocycles. The second kappa shape index (κ2) is 13.7. The van der Waals surface area contributed by atoms with Crippen LogP contribution in [0.2, 0.25) is 0 Å². The minimum atomic E-state index is -0.690. The van der Waals surface area contributed by atoms with E-state index in [1.165, 1.54) is 4.90 Å². The van der Waals surface area contributed by atoms with Gasteiger partial charge in [-0.2, -0.15) is 0 Å². The van der Waals surface area contributed by atoms with Gasteiger partial charge < -0.3 is 24.4 Å². The predicted molar refractivity (Wildman–Crippen MR) is 162 cm³/mol. The highest BCUT2D eigenvalue weighted by Crippen LogP contribution is 2.32. The van der Waals surface area contributed by atoms with Crippen LogP contribution in [0.15, 0.2) is 91.0 Å². The summed E-state index contributed by atoms with van der Waals surface area (Å²) in [5.74, 6) is -1.12. The third-order valence-electron chi connectivity index (χ3n) is 7.07. The number of anilines is 2. The quantitative estimate of drug-likeness (QED) is 0.168. The molecular formula is C34H32N2O7. The van der Waals surface area contributed by atoms with Crippen LogP contribution >= 0.6 is 0 Å². The molecule has 0 unspecified atom stereocenters. The number of amides is 2. The molecule has 43 heavy (non-hydrogen) atoms. The van der Waals surface area contributed by atoms with Gasteiger partial charge in [-0.05, 0) is 66.4 Å². The molecule has 1 atom stereocenters. The lowest BCUT2D eigenvalue weighted by Crippen LogP contribution is -2.28. The van der Waals surface area contributed by atoms with Gasteiger partial charge in [0, 0.05) is 29.7 Å². The number of nitrogens with zero attached hydrogens (tertiary/aromatic N) is 1. The van der Waals surface area contributed by atoms with Gasteiger partial charge in [0.05, 0.1) is 18.1 Å². The molecule has 220 valence electrons. The van der Waals surface area contributed by atoms with Crippen LogP contribution in [0.4, 0.5) is 11.4 Å². The van der Waals surface area contributed by atoms with E-state index in [9.17, 15) is 19.2 Å². The van der Waals surface area contributed by atoms with Crippen LogP contribution in [0.5, 0.6) is 11.5 Å². The fourth-order valence-corrected chi connectivity index (χ4v) is 4.75. The second-order valence-corrected chi connectivity index (χ2v) is 10.2. The molecule has 1 N–H and O–H groups in total. The van der Waals surface area contributed by atoms with Crippen molar-refractivity contribution in [2.45, 2.75) is 26.2 Å². The van der Waals surface area contributed by atoms with Gasteiger partial charge in [-0.3, -0.25) is 14.4 Å². The Morgan fingerprint density at radius 3 is 2.40 bits per heavy atom. The fourth-order valence-electron chi connectivity index (χ4n) is 4.75. The predicted octanol–water partition coefficient (Wildman–Crippen LogP) is 6.12. The molecule has 1 fully saturated rings. The zero-order valence-electron chi connectivity index (χ0n) is 23.8. The molecule has 1 heterocycles. The van der Waals surface area contributed by atoms with Crippen LogP contribution < -0.4 is 15.0 Å². The highest BCUT2D eigenvalue weighted by atomic mass is 16.5. The first-order chi connectivity index (χ1) is 20.9. The van der Waals surface area contributed by atoms with Crippen molar-refractivity contribution in [3.63, 3.8) is 0 Å². The lowest BCUT2D eigenvalue weighted by molar-refractivity contribution is -0.151. The van der Waals surface area contributed by atoms with Crippen LogP contribution in [0, 0.1) is 5.92 Å². The summed E-state index contributed by atoms with van der Waals surface area (Å²) >= 11 is 0. The number of carbonyl (C=O) groups is 4. The van der Waals surface area contributed by atoms with Crippen LogP contribution in [0.3, 0.4) is 0 Å². The van der Waals surface area contributed by atoms with Crippen LogP contribution in [-0.4, -0.2) is 43.5 Å². The van der Waals surface area contributed by atoms with Crippen LogP contribution in [0.25, 0.3) is 10.8 Å². The molecule has 9 nitrogen and oxygen atoms in total. The number of hydrogen-bond acceptors (Lipinski definition) is 7. The summed E-state index contributed by atoms with van der Waals surface area (Å²) in [6.07, 6.45) is 1.71. The maximum atomic E-state index is 12.7. The van der Waals surface area contributed by atoms with Crippen molar-refractivity contribution in [2.75, 3.05) is 30.0 Å². The first-order valence-electron chi connectivity index (χ1n) is 14.2. The van der Waals surface area contributed by atoms with Crippen molar-refractivity contribution < 1.29 is 33.4 Å². The molecule has 4 aromatic carbocycles. The first kappa shape index (κ1) is 29.3. The molecule has 0 radical (unpaired) electrons. The standard InChI is InChI=1S/C34H32N2O7/c1-2-3-19-41-33(39)24-11-13-26(14-12-24)35-31(37)22-42-34(40)25-20-32(38)36(21-25)27-15-17-28(18-16-27)43-30-10-6-8-23-7-4-5-9-29(23)30/h4-18,25H,2-3,19-22H2,1H3,(H,35,37)/t25-/m0/s1. The smallest absolute Gasteiger partial charge is 0.338 e. The minimum Gasteiger partial charge on any atom is -0.462 e. The topological polar surface area (TPSA) is 111 Å². The van der Waals surface area contributed by atoms with Crippen molar-refractivity contribution >= 4 is 45.9 Å². The Bertz CT molecular complexity index is 1610. The molecule has 2 amide bonds. The lowest BCUT2D eigenvalue weighted by Gasteiger charge is -2.17. The van der Waals surface area contributed by atoms with E-state index in [0.29, 0.717) is 29.3 Å². The van der Waals surface area contributed by atoms with Crippen LogP contribution in [-0.2, 0) is 23.9 Å². The molecule has 1 saturated heterocycles. The highest BCUT2D eigenvalue weighted by Gasteiger charge is 2.36. The Morgan fingerprint density at radius 1 is 0.884 bits per heavy atom. The summed E-state index contributed by atoms with van der Waals surface area (Å²) in [6.45, 7) is 2.02. The van der Waals surface area contributed by atoms with E-state index in [-0.39, 0.29) is 18.9 Å². The Morgan fingerprint density at radius 2 is 1.63 bits per heavy atom. The van der Waals surface area contributed by atoms with E-state index < -0.39 is 30.4 Å². The van der Waals surface area contributed by atoms with Gasteiger partial charge in [0.1, 0.15) is 11.5 Å². The number of hydrogen-bond donors (Lipinski definition) is 1. The normalized spacial score (nSPS) is 14.4. The summed E-state index contributed by atoms with van der Waals surface area (Å²) < 4.78 is 16.5. The van der Waals surface area contributed by atoms with E-state index >= 15 is 0 Å². The van der Waals surface area contributed by atoms with Crippen molar-refractivity contribution in [3.8, 4) is 11.5 Å². The molecule has 9 heteroatoms. The van der Waals surface area contributed by atoms with Gasteiger partial charge >= 0.3 is 11.9 Å². The van der Waals surface area contributed by atoms with Gasteiger partial charge in [0.25, 0.3) is 5.91 Å². The van der Waals surface area contributed by atoms with Crippen molar-refractivity contribution in [1.82, 2.24) is 0 Å². The summed E-state index contributed by atoms with van der Waals surface area (Å²) in [4.78, 5) is 51.3. The molecule has 1 aliphatic heterocycles. The maximum absolute atomic E-state index is 12.7. The van der Waals surface area contributed by atoms with E-state index in [4.69, 9.17) is 14.2 Å². The molecule has 4 aromatic rings. The number of unbranched alkanes of at least 4 members (excludes halogenated alkanes) is 1. The van der Waals surface area contributed by atoms with Crippen molar-refractivity contribution in [1.29, 1.82) is 0 Å². The maximum Gasteiger partial charge on any atom is 0.338 e. The Balaban J connectivity index is 1.10. The van der Waals surface area contributed by atoms with Crippen LogP contribution in [0.1, 0.15) is 36.5 Å².